The van der Waals surface area contributed by atoms with Crippen LogP contribution in [-0.2, 0) is 19.1 Å². The number of halogens is 1. The predicted molar refractivity (Wildman–Crippen MR) is 144 cm³/mol. The van der Waals surface area contributed by atoms with Gasteiger partial charge in [0.1, 0.15) is 10.7 Å². The number of methoxy groups -OCH3 is 1. The average Bonchev–Trinajstić information content (AvgIpc) is 3.16. The lowest BCUT2D eigenvalue weighted by Crippen LogP contribution is -2.32. The molecule has 198 valence electrons. The van der Waals surface area contributed by atoms with Gasteiger partial charge in [0.15, 0.2) is 0 Å². The van der Waals surface area contributed by atoms with Crippen LogP contribution in [0.15, 0.2) is 83.5 Å². The van der Waals surface area contributed by atoms with Crippen molar-refractivity contribution in [2.75, 3.05) is 29.3 Å². The molecule has 0 saturated heterocycles. The van der Waals surface area contributed by atoms with Crippen LogP contribution in [0.1, 0.15) is 38.0 Å². The van der Waals surface area contributed by atoms with Gasteiger partial charge >= 0.3 is 11.9 Å². The SMILES string of the molecule is CCOC(=O)c1ccc(N2C(=O)C(Cl)=C(Nc3cccc(C(=O)Nc4ccc(C(=O)OC)cc4)c3)C2=O)cc1. The van der Waals surface area contributed by atoms with Gasteiger partial charge in [-0.15, -0.1) is 0 Å². The molecule has 3 aromatic rings. The Bertz CT molecular complexity index is 1500. The van der Waals surface area contributed by atoms with E-state index in [2.05, 4.69) is 15.4 Å². The minimum atomic E-state index is -0.739. The van der Waals surface area contributed by atoms with E-state index in [1.165, 1.54) is 49.6 Å². The first kappa shape index (κ1) is 27.1. The molecule has 11 heteroatoms. The van der Waals surface area contributed by atoms with Crippen molar-refractivity contribution in [1.29, 1.82) is 0 Å². The van der Waals surface area contributed by atoms with Gasteiger partial charge in [-0.05, 0) is 73.7 Å². The van der Waals surface area contributed by atoms with Crippen LogP contribution >= 0.6 is 11.6 Å². The normalized spacial score (nSPS) is 12.8. The molecule has 0 unspecified atom stereocenters. The summed E-state index contributed by atoms with van der Waals surface area (Å²) < 4.78 is 9.60. The zero-order chi connectivity index (χ0) is 28.1. The van der Waals surface area contributed by atoms with Crippen LogP contribution < -0.4 is 15.5 Å². The molecule has 0 radical (unpaired) electrons. The number of amides is 3. The first-order valence-corrected chi connectivity index (χ1v) is 12.0. The summed E-state index contributed by atoms with van der Waals surface area (Å²) in [5, 5.41) is 5.23. The van der Waals surface area contributed by atoms with Crippen molar-refractivity contribution in [2.45, 2.75) is 6.92 Å². The number of hydrogen-bond donors (Lipinski definition) is 2. The van der Waals surface area contributed by atoms with E-state index in [1.807, 2.05) is 0 Å². The molecule has 0 atom stereocenters. The number of anilines is 3. The van der Waals surface area contributed by atoms with Crippen LogP contribution in [0, 0.1) is 0 Å². The molecule has 0 bridgehead atoms. The third kappa shape index (κ3) is 5.81. The molecule has 3 amide bonds. The number of esters is 2. The van der Waals surface area contributed by atoms with Gasteiger partial charge < -0.3 is 20.1 Å². The highest BCUT2D eigenvalue weighted by Crippen LogP contribution is 2.30. The second kappa shape index (κ2) is 11.6. The molecule has 0 saturated carbocycles. The average molecular weight is 548 g/mol. The van der Waals surface area contributed by atoms with E-state index < -0.39 is 29.7 Å². The van der Waals surface area contributed by atoms with Crippen molar-refractivity contribution in [3.63, 3.8) is 0 Å². The van der Waals surface area contributed by atoms with E-state index in [9.17, 15) is 24.0 Å². The topological polar surface area (TPSA) is 131 Å². The summed E-state index contributed by atoms with van der Waals surface area (Å²) >= 11 is 6.21. The Labute approximate surface area is 228 Å². The van der Waals surface area contributed by atoms with Gasteiger partial charge in [0.25, 0.3) is 17.7 Å². The summed E-state index contributed by atoms with van der Waals surface area (Å²) in [7, 11) is 1.28. The Balaban J connectivity index is 1.47. The minimum Gasteiger partial charge on any atom is -0.465 e. The highest BCUT2D eigenvalue weighted by Gasteiger charge is 2.39. The lowest BCUT2D eigenvalue weighted by Gasteiger charge is -2.15. The second-order valence-corrected chi connectivity index (χ2v) is 8.51. The third-order valence-corrected chi connectivity index (χ3v) is 5.97. The van der Waals surface area contributed by atoms with Crippen LogP contribution in [0.2, 0.25) is 0 Å². The van der Waals surface area contributed by atoms with Crippen molar-refractivity contribution < 1.29 is 33.4 Å². The maximum Gasteiger partial charge on any atom is 0.338 e. The third-order valence-electron chi connectivity index (χ3n) is 5.62. The maximum atomic E-state index is 13.1. The van der Waals surface area contributed by atoms with Gasteiger partial charge in [0.2, 0.25) is 0 Å². The molecule has 0 fully saturated rings. The summed E-state index contributed by atoms with van der Waals surface area (Å²) in [5.41, 5.74) is 1.73. The fraction of sp³-hybridized carbons (Fsp3) is 0.107. The molecular formula is C28H22ClN3O7. The van der Waals surface area contributed by atoms with Gasteiger partial charge in [-0.3, -0.25) is 14.4 Å². The molecule has 10 nitrogen and oxygen atoms in total. The molecule has 2 N–H and O–H groups in total. The van der Waals surface area contributed by atoms with E-state index in [1.54, 1.807) is 37.3 Å². The van der Waals surface area contributed by atoms with Crippen LogP contribution in [0.4, 0.5) is 17.1 Å². The van der Waals surface area contributed by atoms with Gasteiger partial charge in [-0.2, -0.15) is 0 Å². The first-order valence-electron chi connectivity index (χ1n) is 11.7. The number of carbonyl (C=O) groups excluding carboxylic acids is 5. The van der Waals surface area contributed by atoms with E-state index in [0.29, 0.717) is 16.9 Å². The molecule has 0 aromatic heterocycles. The number of benzene rings is 3. The number of hydrogen-bond acceptors (Lipinski definition) is 8. The summed E-state index contributed by atoms with van der Waals surface area (Å²) in [6, 6.07) is 18.2. The van der Waals surface area contributed by atoms with Crippen molar-refractivity contribution in [2.24, 2.45) is 0 Å². The van der Waals surface area contributed by atoms with Gasteiger partial charge in [-0.1, -0.05) is 17.7 Å². The van der Waals surface area contributed by atoms with E-state index >= 15 is 0 Å². The lowest BCUT2D eigenvalue weighted by atomic mass is 10.1. The Morgan fingerprint density at radius 3 is 2.10 bits per heavy atom. The highest BCUT2D eigenvalue weighted by atomic mass is 35.5. The number of nitrogens with zero attached hydrogens (tertiary/aromatic N) is 1. The van der Waals surface area contributed by atoms with Crippen LogP contribution in [0.3, 0.4) is 0 Å². The molecular weight excluding hydrogens is 526 g/mol. The summed E-state index contributed by atoms with van der Waals surface area (Å²) in [5.74, 6) is -2.90. The Morgan fingerprint density at radius 2 is 1.46 bits per heavy atom. The number of nitrogens with one attached hydrogen (secondary N) is 2. The van der Waals surface area contributed by atoms with Crippen LogP contribution in [0.5, 0.6) is 0 Å². The van der Waals surface area contributed by atoms with Gasteiger partial charge in [0, 0.05) is 16.9 Å². The molecule has 0 aliphatic carbocycles. The molecule has 1 aliphatic rings. The zero-order valence-electron chi connectivity index (χ0n) is 20.8. The molecule has 4 rings (SSSR count). The largest absolute Gasteiger partial charge is 0.465 e. The van der Waals surface area contributed by atoms with Crippen LogP contribution in [0.25, 0.3) is 0 Å². The smallest absolute Gasteiger partial charge is 0.338 e. The van der Waals surface area contributed by atoms with E-state index in [4.69, 9.17) is 16.3 Å². The lowest BCUT2D eigenvalue weighted by molar-refractivity contribution is -0.120. The van der Waals surface area contributed by atoms with Crippen molar-refractivity contribution in [3.05, 3.63) is 100 Å². The Morgan fingerprint density at radius 1 is 0.821 bits per heavy atom. The van der Waals surface area contributed by atoms with E-state index in [-0.39, 0.29) is 34.2 Å². The molecule has 3 aromatic carbocycles. The fourth-order valence-electron chi connectivity index (χ4n) is 3.70. The monoisotopic (exact) mass is 547 g/mol. The molecule has 1 heterocycles. The number of carbonyl (C=O) groups is 5. The summed E-state index contributed by atoms with van der Waals surface area (Å²) in [6.07, 6.45) is 0. The quantitative estimate of drug-likeness (QED) is 0.314. The van der Waals surface area contributed by atoms with Crippen molar-refractivity contribution >= 4 is 58.3 Å². The zero-order valence-corrected chi connectivity index (χ0v) is 21.6. The van der Waals surface area contributed by atoms with Gasteiger partial charge in [-0.25, -0.2) is 14.5 Å². The predicted octanol–water partition coefficient (Wildman–Crippen LogP) is 4.34. The number of ether oxygens (including phenoxy) is 2. The van der Waals surface area contributed by atoms with Crippen molar-refractivity contribution in [1.82, 2.24) is 0 Å². The number of rotatable bonds is 8. The summed E-state index contributed by atoms with van der Waals surface area (Å²) in [6.45, 7) is 1.90. The fourth-order valence-corrected chi connectivity index (χ4v) is 3.91. The second-order valence-electron chi connectivity index (χ2n) is 8.13. The number of imide groups is 1. The van der Waals surface area contributed by atoms with Crippen molar-refractivity contribution in [3.8, 4) is 0 Å². The maximum absolute atomic E-state index is 13.1. The molecule has 39 heavy (non-hydrogen) atoms. The Hall–Kier alpha value is -4.96. The highest BCUT2D eigenvalue weighted by molar-refractivity contribution is 6.53. The van der Waals surface area contributed by atoms with Gasteiger partial charge in [0.05, 0.1) is 30.5 Å². The Kier molecular flexibility index (Phi) is 8.07. The standard InChI is InChI=1S/C28H22ClN3O7/c1-3-39-28(37)17-9-13-21(14-10-17)32-25(34)22(29)23(26(32)35)30-20-6-4-5-18(15-20)24(33)31-19-11-7-16(8-12-19)27(36)38-2/h4-15,30H,3H2,1-2H3,(H,31,33). The summed E-state index contributed by atoms with van der Waals surface area (Å²) in [4.78, 5) is 63.0. The molecule has 1 aliphatic heterocycles. The first-order chi connectivity index (χ1) is 18.7. The van der Waals surface area contributed by atoms with Crippen LogP contribution in [-0.4, -0.2) is 43.4 Å². The minimum absolute atomic E-state index is 0.160. The van der Waals surface area contributed by atoms with E-state index in [0.717, 1.165) is 4.90 Å². The molecule has 0 spiro atoms.